The van der Waals surface area contributed by atoms with Crippen molar-refractivity contribution in [3.63, 3.8) is 0 Å². The average Bonchev–Trinajstić information content (AvgIpc) is 2.76. The van der Waals surface area contributed by atoms with Gasteiger partial charge in [0.25, 0.3) is 5.91 Å². The van der Waals surface area contributed by atoms with E-state index in [0.29, 0.717) is 17.7 Å². The number of alkyl carbamates (subject to hydrolysis) is 1. The molecule has 0 heterocycles. The largest absolute Gasteiger partial charge is 0.444 e. The molecule has 0 bridgehead atoms. The minimum Gasteiger partial charge on any atom is -0.444 e. The van der Waals surface area contributed by atoms with Crippen LogP contribution in [0.1, 0.15) is 77.6 Å². The van der Waals surface area contributed by atoms with E-state index in [4.69, 9.17) is 4.74 Å². The maximum atomic E-state index is 14.1. The van der Waals surface area contributed by atoms with Crippen LogP contribution in [0.25, 0.3) is 0 Å². The molecule has 0 aliphatic carbocycles. The SMILES string of the molecule is Cc1cccc(C(C(=O)Nc2ccccc2C)N(C(=O)C(CC(C)C)NC(=O)OC(C)(C)C)C(C)C)c1. The Hall–Kier alpha value is -3.35. The molecule has 3 amide bonds. The van der Waals surface area contributed by atoms with Gasteiger partial charge in [-0.05, 0) is 78.0 Å². The first-order chi connectivity index (χ1) is 17.2. The van der Waals surface area contributed by atoms with Crippen LogP contribution in [0.3, 0.4) is 0 Å². The van der Waals surface area contributed by atoms with Gasteiger partial charge in [-0.15, -0.1) is 0 Å². The summed E-state index contributed by atoms with van der Waals surface area (Å²) in [6, 6.07) is 13.1. The minimum absolute atomic E-state index is 0.121. The van der Waals surface area contributed by atoms with Crippen molar-refractivity contribution in [2.75, 3.05) is 5.32 Å². The van der Waals surface area contributed by atoms with Crippen molar-refractivity contribution >= 4 is 23.6 Å². The van der Waals surface area contributed by atoms with Crippen LogP contribution in [-0.2, 0) is 14.3 Å². The smallest absolute Gasteiger partial charge is 0.408 e. The summed E-state index contributed by atoms with van der Waals surface area (Å²) >= 11 is 0. The first-order valence-corrected chi connectivity index (χ1v) is 12.9. The number of carbonyl (C=O) groups is 3. The number of ether oxygens (including phenoxy) is 1. The second-order valence-corrected chi connectivity index (χ2v) is 11.3. The predicted octanol–water partition coefficient (Wildman–Crippen LogP) is 6.16. The van der Waals surface area contributed by atoms with Crippen molar-refractivity contribution in [2.24, 2.45) is 5.92 Å². The Bertz CT molecular complexity index is 1090. The number of nitrogens with zero attached hydrogens (tertiary/aromatic N) is 1. The molecule has 0 spiro atoms. The summed E-state index contributed by atoms with van der Waals surface area (Å²) in [6.07, 6.45) is -0.256. The fourth-order valence-electron chi connectivity index (χ4n) is 4.20. The fraction of sp³-hybridized carbons (Fsp3) is 0.500. The van der Waals surface area contributed by atoms with Crippen molar-refractivity contribution in [3.05, 3.63) is 65.2 Å². The molecule has 37 heavy (non-hydrogen) atoms. The molecule has 0 aliphatic heterocycles. The zero-order valence-electron chi connectivity index (χ0n) is 23.7. The first kappa shape index (κ1) is 29.9. The third-order valence-electron chi connectivity index (χ3n) is 5.79. The molecule has 2 unspecified atom stereocenters. The molecule has 0 aliphatic rings. The molecule has 0 radical (unpaired) electrons. The van der Waals surface area contributed by atoms with Gasteiger partial charge in [-0.25, -0.2) is 4.79 Å². The minimum atomic E-state index is -0.901. The van der Waals surface area contributed by atoms with E-state index < -0.39 is 23.8 Å². The lowest BCUT2D eigenvalue weighted by atomic mass is 9.97. The van der Waals surface area contributed by atoms with Gasteiger partial charge in [0, 0.05) is 11.7 Å². The van der Waals surface area contributed by atoms with Crippen molar-refractivity contribution in [3.8, 4) is 0 Å². The predicted molar refractivity (Wildman–Crippen MR) is 148 cm³/mol. The Morgan fingerprint density at radius 2 is 1.59 bits per heavy atom. The Labute approximate surface area is 222 Å². The Morgan fingerprint density at radius 1 is 0.946 bits per heavy atom. The molecular weight excluding hydrogens is 466 g/mol. The molecular formula is C30H43N3O4. The molecule has 0 fully saturated rings. The molecule has 2 aromatic carbocycles. The van der Waals surface area contributed by atoms with Crippen molar-refractivity contribution < 1.29 is 19.1 Å². The second-order valence-electron chi connectivity index (χ2n) is 11.3. The maximum Gasteiger partial charge on any atom is 0.408 e. The summed E-state index contributed by atoms with van der Waals surface area (Å²) in [5.41, 5.74) is 2.59. The Kier molecular flexibility index (Phi) is 10.3. The number of nitrogens with one attached hydrogen (secondary N) is 2. The van der Waals surface area contributed by atoms with E-state index in [2.05, 4.69) is 10.6 Å². The van der Waals surface area contributed by atoms with E-state index in [1.807, 2.05) is 90.1 Å². The monoisotopic (exact) mass is 509 g/mol. The number of amides is 3. The lowest BCUT2D eigenvalue weighted by molar-refractivity contribution is -0.143. The van der Waals surface area contributed by atoms with E-state index >= 15 is 0 Å². The van der Waals surface area contributed by atoms with Crippen LogP contribution in [0.4, 0.5) is 10.5 Å². The van der Waals surface area contributed by atoms with Crippen molar-refractivity contribution in [1.29, 1.82) is 0 Å². The highest BCUT2D eigenvalue weighted by atomic mass is 16.6. The first-order valence-electron chi connectivity index (χ1n) is 12.9. The summed E-state index contributed by atoms with van der Waals surface area (Å²) in [4.78, 5) is 42.2. The number of anilines is 1. The third kappa shape index (κ3) is 8.92. The van der Waals surface area contributed by atoms with E-state index in [1.165, 1.54) is 0 Å². The number of para-hydroxylation sites is 1. The Morgan fingerprint density at radius 3 is 2.14 bits per heavy atom. The molecule has 2 aromatic rings. The van der Waals surface area contributed by atoms with Gasteiger partial charge in [0.1, 0.15) is 17.7 Å². The normalized spacial score (nSPS) is 13.2. The standard InChI is InChI=1S/C30H43N3O4/c1-19(2)17-25(32-29(36)37-30(7,8)9)28(35)33(20(3)4)26(23-15-12-13-21(5)18-23)27(34)31-24-16-11-10-14-22(24)6/h10-16,18-20,25-26H,17H2,1-9H3,(H,31,34)(H,32,36). The highest BCUT2D eigenvalue weighted by Gasteiger charge is 2.38. The highest BCUT2D eigenvalue weighted by molar-refractivity contribution is 5.99. The molecule has 0 saturated carbocycles. The highest BCUT2D eigenvalue weighted by Crippen LogP contribution is 2.28. The molecule has 2 rings (SSSR count). The zero-order chi connectivity index (χ0) is 27.9. The Balaban J connectivity index is 2.52. The molecule has 2 N–H and O–H groups in total. The van der Waals surface area contributed by atoms with Crippen LogP contribution in [0.5, 0.6) is 0 Å². The van der Waals surface area contributed by atoms with Crippen molar-refractivity contribution in [1.82, 2.24) is 10.2 Å². The molecule has 2 atom stereocenters. The second kappa shape index (κ2) is 12.7. The van der Waals surface area contributed by atoms with Gasteiger partial charge < -0.3 is 20.3 Å². The van der Waals surface area contributed by atoms with Crippen molar-refractivity contribution in [2.45, 2.75) is 92.5 Å². The molecule has 202 valence electrons. The molecule has 0 aromatic heterocycles. The number of benzene rings is 2. The maximum absolute atomic E-state index is 14.1. The topological polar surface area (TPSA) is 87.7 Å². The average molecular weight is 510 g/mol. The number of aryl methyl sites for hydroxylation is 2. The van der Waals surface area contributed by atoms with Crippen LogP contribution < -0.4 is 10.6 Å². The number of rotatable bonds is 9. The van der Waals surface area contributed by atoms with E-state index in [9.17, 15) is 14.4 Å². The third-order valence-corrected chi connectivity index (χ3v) is 5.79. The van der Waals surface area contributed by atoms with Gasteiger partial charge in [0.2, 0.25) is 5.91 Å². The zero-order valence-corrected chi connectivity index (χ0v) is 23.7. The lowest BCUT2D eigenvalue weighted by Crippen LogP contribution is -2.54. The van der Waals surface area contributed by atoms with Crippen LogP contribution in [0.15, 0.2) is 48.5 Å². The van der Waals surface area contributed by atoms with Crippen LogP contribution in [0.2, 0.25) is 0 Å². The van der Waals surface area contributed by atoms with Gasteiger partial charge in [0.15, 0.2) is 0 Å². The van der Waals surface area contributed by atoms with Crippen LogP contribution in [0, 0.1) is 19.8 Å². The molecule has 0 saturated heterocycles. The summed E-state index contributed by atoms with van der Waals surface area (Å²) < 4.78 is 5.44. The van der Waals surface area contributed by atoms with Gasteiger partial charge >= 0.3 is 6.09 Å². The summed E-state index contributed by atoms with van der Waals surface area (Å²) in [7, 11) is 0. The van der Waals surface area contributed by atoms with E-state index in [-0.39, 0.29) is 23.8 Å². The fourth-order valence-corrected chi connectivity index (χ4v) is 4.20. The number of hydrogen-bond acceptors (Lipinski definition) is 4. The quantitative estimate of drug-likeness (QED) is 0.424. The number of carbonyl (C=O) groups excluding carboxylic acids is 3. The van der Waals surface area contributed by atoms with Gasteiger partial charge in [-0.1, -0.05) is 61.9 Å². The van der Waals surface area contributed by atoms with Gasteiger partial charge in [-0.3, -0.25) is 9.59 Å². The molecule has 7 heteroatoms. The number of hydrogen-bond donors (Lipinski definition) is 2. The summed E-state index contributed by atoms with van der Waals surface area (Å²) in [5, 5.41) is 5.80. The molecule has 7 nitrogen and oxygen atoms in total. The summed E-state index contributed by atoms with van der Waals surface area (Å²) in [6.45, 7) is 16.9. The van der Waals surface area contributed by atoms with Gasteiger partial charge in [0.05, 0.1) is 0 Å². The van der Waals surface area contributed by atoms with Crippen LogP contribution >= 0.6 is 0 Å². The van der Waals surface area contributed by atoms with E-state index in [1.54, 1.807) is 25.7 Å². The summed E-state index contributed by atoms with van der Waals surface area (Å²) in [5.74, 6) is -0.528. The van der Waals surface area contributed by atoms with Crippen LogP contribution in [-0.4, -0.2) is 40.5 Å². The van der Waals surface area contributed by atoms with E-state index in [0.717, 1.165) is 11.1 Å². The lowest BCUT2D eigenvalue weighted by Gasteiger charge is -2.37. The van der Waals surface area contributed by atoms with Gasteiger partial charge in [-0.2, -0.15) is 0 Å².